The van der Waals surface area contributed by atoms with E-state index < -0.39 is 53.8 Å². The third-order valence-electron chi connectivity index (χ3n) is 12.7. The number of nitrogens with one attached hydrogen (secondary N) is 1. The molecule has 9 rings (SSSR count). The molecule has 3 heterocycles. The van der Waals surface area contributed by atoms with Crippen LogP contribution in [0.4, 0.5) is 9.59 Å². The largest absolute Gasteiger partial charge is 0.480 e. The lowest BCUT2D eigenvalue weighted by Crippen LogP contribution is -2.43. The van der Waals surface area contributed by atoms with E-state index in [1.54, 1.807) is 20.8 Å². The zero-order valence-corrected chi connectivity index (χ0v) is 40.7. The highest BCUT2D eigenvalue weighted by Crippen LogP contribution is 2.44. The molecule has 380 valence electrons. The van der Waals surface area contributed by atoms with Crippen molar-refractivity contribution >= 4 is 30.1 Å². The summed E-state index contributed by atoms with van der Waals surface area (Å²) in [6.07, 6.45) is -0.849. The number of carboxylic acid groups (broad SMARTS) is 3. The lowest BCUT2D eigenvalue weighted by atomic mass is 9.98. The number of nitrogens with zero attached hydrogens (tertiary/aromatic N) is 2. The number of carboxylic acids is 3. The maximum absolute atomic E-state index is 12.9. The van der Waals surface area contributed by atoms with Gasteiger partial charge in [-0.25, -0.2) is 19.2 Å². The molecule has 4 N–H and O–H groups in total. The molecule has 16 nitrogen and oxygen atoms in total. The van der Waals surface area contributed by atoms with E-state index in [1.165, 1.54) is 9.80 Å². The fourth-order valence-electron chi connectivity index (χ4n) is 9.09. The number of amides is 2. The van der Waals surface area contributed by atoms with Gasteiger partial charge in [0.15, 0.2) is 0 Å². The van der Waals surface area contributed by atoms with Crippen LogP contribution in [0.3, 0.4) is 0 Å². The van der Waals surface area contributed by atoms with Crippen LogP contribution in [0.5, 0.6) is 0 Å². The first-order valence-corrected chi connectivity index (χ1v) is 24.1. The van der Waals surface area contributed by atoms with E-state index in [4.69, 9.17) is 28.8 Å². The lowest BCUT2D eigenvalue weighted by Gasteiger charge is -2.26. The number of ether oxygens (including phenoxy) is 5. The second-order valence-corrected chi connectivity index (χ2v) is 19.1. The Bertz CT molecular complexity index is 2550. The van der Waals surface area contributed by atoms with Crippen LogP contribution in [-0.4, -0.2) is 123 Å². The van der Waals surface area contributed by atoms with Gasteiger partial charge in [-0.1, -0.05) is 140 Å². The van der Waals surface area contributed by atoms with E-state index in [0.29, 0.717) is 32.8 Å². The number of benzene rings is 5. The Morgan fingerprint density at radius 3 is 1.33 bits per heavy atom. The van der Waals surface area contributed by atoms with Crippen LogP contribution in [-0.2, 0) is 57.9 Å². The van der Waals surface area contributed by atoms with Crippen LogP contribution < -0.4 is 5.32 Å². The van der Waals surface area contributed by atoms with Crippen molar-refractivity contribution in [2.24, 2.45) is 0 Å². The van der Waals surface area contributed by atoms with Crippen LogP contribution in [0.2, 0.25) is 0 Å². The topological polar surface area (TPSA) is 211 Å². The molecule has 3 fully saturated rings. The van der Waals surface area contributed by atoms with Crippen LogP contribution in [0.25, 0.3) is 11.1 Å². The van der Waals surface area contributed by atoms with Crippen LogP contribution >= 0.6 is 0 Å². The Morgan fingerprint density at radius 1 is 0.528 bits per heavy atom. The predicted molar refractivity (Wildman–Crippen MR) is 266 cm³/mol. The Morgan fingerprint density at radius 2 is 0.931 bits per heavy atom. The zero-order chi connectivity index (χ0) is 51.2. The molecule has 5 aromatic carbocycles. The van der Waals surface area contributed by atoms with Crippen molar-refractivity contribution in [1.82, 2.24) is 15.1 Å². The molecule has 3 aliphatic heterocycles. The number of rotatable bonds is 14. The molecule has 6 atom stereocenters. The summed E-state index contributed by atoms with van der Waals surface area (Å²) in [5.41, 5.74) is 6.99. The molecule has 0 spiro atoms. The van der Waals surface area contributed by atoms with Gasteiger partial charge in [-0.05, 0) is 59.7 Å². The highest BCUT2D eigenvalue weighted by atomic mass is 16.6. The van der Waals surface area contributed by atoms with Crippen molar-refractivity contribution in [1.29, 1.82) is 0 Å². The highest BCUT2D eigenvalue weighted by Gasteiger charge is 2.43. The van der Waals surface area contributed by atoms with Crippen molar-refractivity contribution in [2.75, 3.05) is 26.2 Å². The highest BCUT2D eigenvalue weighted by molar-refractivity contribution is 5.82. The number of aliphatic carboxylic acids is 3. The van der Waals surface area contributed by atoms with E-state index >= 15 is 0 Å². The summed E-state index contributed by atoms with van der Waals surface area (Å²) in [6.45, 7) is 7.74. The molecule has 4 aliphatic rings. The van der Waals surface area contributed by atoms with Crippen LogP contribution in [0.15, 0.2) is 140 Å². The molecule has 1 aliphatic carbocycles. The predicted octanol–water partition coefficient (Wildman–Crippen LogP) is 8.36. The maximum atomic E-state index is 12.9. The Kier molecular flexibility index (Phi) is 18.2. The Labute approximate surface area is 419 Å². The molecule has 0 unspecified atom stereocenters. The fourth-order valence-corrected chi connectivity index (χ4v) is 9.09. The summed E-state index contributed by atoms with van der Waals surface area (Å²) in [5.74, 6) is -2.96. The summed E-state index contributed by atoms with van der Waals surface area (Å²) < 4.78 is 28.3. The van der Waals surface area contributed by atoms with Gasteiger partial charge in [0.25, 0.3) is 0 Å². The number of likely N-dealkylation sites (tertiary alicyclic amines) is 2. The number of carbonyl (C=O) groups excluding carboxylic acids is 2. The monoisotopic (exact) mass is 985 g/mol. The molecule has 0 bridgehead atoms. The summed E-state index contributed by atoms with van der Waals surface area (Å²) in [6, 6.07) is 43.1. The number of fused-ring (bicyclic) bond motifs is 3. The second kappa shape index (κ2) is 24.8. The average Bonchev–Trinajstić information content (AvgIpc) is 4.20. The molecule has 0 saturated carbocycles. The van der Waals surface area contributed by atoms with E-state index in [0.717, 1.165) is 38.9 Å². The van der Waals surface area contributed by atoms with Crippen molar-refractivity contribution < 1.29 is 63.0 Å². The summed E-state index contributed by atoms with van der Waals surface area (Å²) >= 11 is 0. The SMILES string of the molecule is CC(C)(C)OC(=O)N1C[C@H](OCc2ccccc2)C[C@H]1C(=O)O.O=C(O)[C@@H]1C[C@@H](OCc2ccccc2)CN1.O=C(O)[C@@H]1C[C@@H](OCc2ccccc2)CN1C(=O)OCC1c2ccccc2-c2ccccc21. The van der Waals surface area contributed by atoms with Crippen molar-refractivity contribution in [2.45, 2.75) is 108 Å². The van der Waals surface area contributed by atoms with Gasteiger partial charge in [0.2, 0.25) is 0 Å². The number of hydrogen-bond donors (Lipinski definition) is 4. The minimum atomic E-state index is -1.05. The first kappa shape index (κ1) is 52.7. The van der Waals surface area contributed by atoms with E-state index in [-0.39, 0.29) is 56.8 Å². The molecular weight excluding hydrogens is 923 g/mol. The molecular formula is C56H63N3O13. The molecule has 5 aromatic rings. The van der Waals surface area contributed by atoms with Gasteiger partial charge < -0.3 is 44.3 Å². The first-order chi connectivity index (χ1) is 34.6. The second-order valence-electron chi connectivity index (χ2n) is 19.1. The van der Waals surface area contributed by atoms with Gasteiger partial charge in [-0.3, -0.25) is 14.6 Å². The Hall–Kier alpha value is -7.11. The Balaban J connectivity index is 0.000000170. The van der Waals surface area contributed by atoms with Gasteiger partial charge >= 0.3 is 30.1 Å². The smallest absolute Gasteiger partial charge is 0.411 e. The van der Waals surface area contributed by atoms with Gasteiger partial charge in [-0.2, -0.15) is 0 Å². The molecule has 16 heteroatoms. The van der Waals surface area contributed by atoms with E-state index in [1.807, 2.05) is 115 Å². The van der Waals surface area contributed by atoms with Crippen LogP contribution in [0, 0.1) is 0 Å². The number of carbonyl (C=O) groups is 5. The number of hydrogen-bond acceptors (Lipinski definition) is 11. The molecule has 72 heavy (non-hydrogen) atoms. The standard InChI is InChI=1S/C27H25NO5.C17H23NO5.C12H15NO3/c29-26(30)25-14-19(32-16-18-8-2-1-3-9-18)15-28(25)27(31)33-17-24-22-12-6-4-10-20(22)21-11-5-7-13-23(21)24;1-17(2,3)23-16(21)18-10-13(9-14(18)15(19)20)22-11-12-7-5-4-6-8-12;14-12(15)11-6-10(7-13-11)16-8-9-4-2-1-3-5-9/h1-13,19,24-25H,14-17H2,(H,29,30);4-8,13-14H,9-11H2,1-3H3,(H,19,20);1-5,10-11,13H,6-8H2,(H,14,15)/t19-,25+;13-,14+;10-,11+/m111/s1. The van der Waals surface area contributed by atoms with Gasteiger partial charge in [-0.15, -0.1) is 0 Å². The molecule has 2 amide bonds. The van der Waals surface area contributed by atoms with Gasteiger partial charge in [0, 0.05) is 31.7 Å². The van der Waals surface area contributed by atoms with Crippen LogP contribution in [0.1, 0.15) is 73.8 Å². The van der Waals surface area contributed by atoms with Gasteiger partial charge in [0.1, 0.15) is 30.3 Å². The molecule has 0 aromatic heterocycles. The first-order valence-electron chi connectivity index (χ1n) is 24.1. The minimum absolute atomic E-state index is 0.00121. The normalized spacial score (nSPS) is 21.0. The lowest BCUT2D eigenvalue weighted by molar-refractivity contribution is -0.142. The maximum Gasteiger partial charge on any atom is 0.411 e. The van der Waals surface area contributed by atoms with Crippen molar-refractivity contribution in [3.05, 3.63) is 167 Å². The summed E-state index contributed by atoms with van der Waals surface area (Å²) in [7, 11) is 0. The molecule has 0 radical (unpaired) electrons. The average molecular weight is 986 g/mol. The van der Waals surface area contributed by atoms with E-state index in [9.17, 15) is 34.2 Å². The summed E-state index contributed by atoms with van der Waals surface area (Å²) in [4.78, 5) is 61.6. The third kappa shape index (κ3) is 14.5. The minimum Gasteiger partial charge on any atom is -0.480 e. The fraction of sp³-hybridized carbons (Fsp3) is 0.375. The van der Waals surface area contributed by atoms with Gasteiger partial charge in [0.05, 0.1) is 51.2 Å². The van der Waals surface area contributed by atoms with Crippen molar-refractivity contribution in [3.8, 4) is 11.1 Å². The molecule has 3 saturated heterocycles. The van der Waals surface area contributed by atoms with E-state index in [2.05, 4.69) is 29.6 Å². The zero-order valence-electron chi connectivity index (χ0n) is 40.7. The van der Waals surface area contributed by atoms with Crippen molar-refractivity contribution in [3.63, 3.8) is 0 Å². The summed E-state index contributed by atoms with van der Waals surface area (Å²) in [5, 5.41) is 30.7. The third-order valence-corrected chi connectivity index (χ3v) is 12.7. The quantitative estimate of drug-likeness (QED) is 0.0824.